The standard InChI is InChI=1S/C23H24FN3/c24-23-5-1-3-20(15-23)18-27-13-11-26(12-14-27)17-19-6-8-21(9-7-19)22-4-2-10-25-16-22/h1-10,15-16H,11-14,17-18H2. The van der Waals surface area contributed by atoms with Crippen LogP contribution < -0.4 is 0 Å². The maximum Gasteiger partial charge on any atom is 0.123 e. The van der Waals surface area contributed by atoms with Crippen molar-refractivity contribution in [3.8, 4) is 11.1 Å². The van der Waals surface area contributed by atoms with Gasteiger partial charge in [0.2, 0.25) is 0 Å². The Morgan fingerprint density at radius 2 is 1.44 bits per heavy atom. The molecule has 0 saturated carbocycles. The van der Waals surface area contributed by atoms with Crippen molar-refractivity contribution >= 4 is 0 Å². The molecule has 0 radical (unpaired) electrons. The summed E-state index contributed by atoms with van der Waals surface area (Å²) in [5, 5.41) is 0. The molecular formula is C23H24FN3. The molecule has 0 atom stereocenters. The van der Waals surface area contributed by atoms with Gasteiger partial charge < -0.3 is 0 Å². The molecule has 0 unspecified atom stereocenters. The van der Waals surface area contributed by atoms with Crippen LogP contribution in [-0.4, -0.2) is 41.0 Å². The zero-order chi connectivity index (χ0) is 18.5. The quantitative estimate of drug-likeness (QED) is 0.679. The molecule has 2 aromatic carbocycles. The summed E-state index contributed by atoms with van der Waals surface area (Å²) in [6.07, 6.45) is 3.69. The molecule has 0 bridgehead atoms. The van der Waals surface area contributed by atoms with E-state index < -0.39 is 0 Å². The average molecular weight is 361 g/mol. The monoisotopic (exact) mass is 361 g/mol. The van der Waals surface area contributed by atoms with Crippen LogP contribution in [-0.2, 0) is 13.1 Å². The minimum atomic E-state index is -0.152. The lowest BCUT2D eigenvalue weighted by Gasteiger charge is -2.34. The molecule has 0 N–H and O–H groups in total. The Hall–Kier alpha value is -2.56. The van der Waals surface area contributed by atoms with Crippen molar-refractivity contribution < 1.29 is 4.39 Å². The lowest BCUT2D eigenvalue weighted by molar-refractivity contribution is 0.122. The summed E-state index contributed by atoms with van der Waals surface area (Å²) in [5.41, 5.74) is 4.73. The molecular weight excluding hydrogens is 337 g/mol. The molecule has 4 heteroatoms. The second kappa shape index (κ2) is 8.42. The number of benzene rings is 2. The van der Waals surface area contributed by atoms with Gasteiger partial charge in [0, 0.05) is 51.7 Å². The molecule has 0 spiro atoms. The van der Waals surface area contributed by atoms with Crippen molar-refractivity contribution in [3.63, 3.8) is 0 Å². The summed E-state index contributed by atoms with van der Waals surface area (Å²) in [5.74, 6) is -0.152. The SMILES string of the molecule is Fc1cccc(CN2CCN(Cc3ccc(-c4cccnc4)cc3)CC2)c1. The normalized spacial score (nSPS) is 15.7. The van der Waals surface area contributed by atoms with Gasteiger partial charge in [0.15, 0.2) is 0 Å². The highest BCUT2D eigenvalue weighted by atomic mass is 19.1. The molecule has 3 aromatic rings. The number of hydrogen-bond acceptors (Lipinski definition) is 3. The molecule has 0 amide bonds. The van der Waals surface area contributed by atoms with Crippen LogP contribution in [0, 0.1) is 5.82 Å². The fourth-order valence-electron chi connectivity index (χ4n) is 3.59. The van der Waals surface area contributed by atoms with E-state index in [0.717, 1.165) is 50.4 Å². The van der Waals surface area contributed by atoms with Crippen LogP contribution in [0.1, 0.15) is 11.1 Å². The van der Waals surface area contributed by atoms with Crippen LogP contribution in [0.4, 0.5) is 4.39 Å². The molecule has 27 heavy (non-hydrogen) atoms. The summed E-state index contributed by atoms with van der Waals surface area (Å²) in [7, 11) is 0. The predicted octanol–water partition coefficient (Wildman–Crippen LogP) is 4.21. The molecule has 1 aliphatic rings. The number of aromatic nitrogens is 1. The summed E-state index contributed by atoms with van der Waals surface area (Å²) >= 11 is 0. The Morgan fingerprint density at radius 1 is 0.741 bits per heavy atom. The zero-order valence-electron chi connectivity index (χ0n) is 15.4. The lowest BCUT2D eigenvalue weighted by Crippen LogP contribution is -2.45. The summed E-state index contributed by atoms with van der Waals surface area (Å²) < 4.78 is 13.3. The van der Waals surface area contributed by atoms with Gasteiger partial charge in [0.1, 0.15) is 5.82 Å². The third-order valence-electron chi connectivity index (χ3n) is 5.12. The average Bonchev–Trinajstić information content (AvgIpc) is 2.71. The Morgan fingerprint density at radius 3 is 2.07 bits per heavy atom. The van der Waals surface area contributed by atoms with Gasteiger partial charge in [-0.1, -0.05) is 42.5 Å². The Kier molecular flexibility index (Phi) is 5.56. The maximum atomic E-state index is 13.3. The zero-order valence-corrected chi connectivity index (χ0v) is 15.4. The van der Waals surface area contributed by atoms with Crippen molar-refractivity contribution in [3.05, 3.63) is 90.0 Å². The molecule has 0 aliphatic carbocycles. The molecule has 1 saturated heterocycles. The van der Waals surface area contributed by atoms with Crippen molar-refractivity contribution in [2.24, 2.45) is 0 Å². The third-order valence-corrected chi connectivity index (χ3v) is 5.12. The second-order valence-corrected chi connectivity index (χ2v) is 7.12. The first-order valence-electron chi connectivity index (χ1n) is 9.45. The van der Waals surface area contributed by atoms with Crippen LogP contribution in [0.25, 0.3) is 11.1 Å². The molecule has 4 rings (SSSR count). The molecule has 1 aliphatic heterocycles. The van der Waals surface area contributed by atoms with E-state index in [9.17, 15) is 4.39 Å². The highest BCUT2D eigenvalue weighted by molar-refractivity contribution is 5.62. The number of rotatable bonds is 5. The van der Waals surface area contributed by atoms with Gasteiger partial charge in [-0.3, -0.25) is 14.8 Å². The maximum absolute atomic E-state index is 13.3. The molecule has 1 aromatic heterocycles. The van der Waals surface area contributed by atoms with E-state index in [1.165, 1.54) is 17.2 Å². The smallest absolute Gasteiger partial charge is 0.123 e. The van der Waals surface area contributed by atoms with Crippen LogP contribution in [0.2, 0.25) is 0 Å². The summed E-state index contributed by atoms with van der Waals surface area (Å²) in [6, 6.07) is 19.7. The number of nitrogens with zero attached hydrogens (tertiary/aromatic N) is 3. The summed E-state index contributed by atoms with van der Waals surface area (Å²) in [6.45, 7) is 5.92. The van der Waals surface area contributed by atoms with Gasteiger partial charge in [-0.05, 0) is 40.5 Å². The molecule has 3 nitrogen and oxygen atoms in total. The second-order valence-electron chi connectivity index (χ2n) is 7.12. The minimum absolute atomic E-state index is 0.152. The van der Waals surface area contributed by atoms with Crippen molar-refractivity contribution in [2.75, 3.05) is 26.2 Å². The fraction of sp³-hybridized carbons (Fsp3) is 0.261. The fourth-order valence-corrected chi connectivity index (χ4v) is 3.59. The van der Waals surface area contributed by atoms with Crippen molar-refractivity contribution in [1.29, 1.82) is 0 Å². The number of pyridine rings is 1. The first-order valence-corrected chi connectivity index (χ1v) is 9.45. The first-order chi connectivity index (χ1) is 13.3. The van der Waals surface area contributed by atoms with E-state index in [1.807, 2.05) is 18.3 Å². The largest absolute Gasteiger partial charge is 0.297 e. The van der Waals surface area contributed by atoms with Crippen molar-refractivity contribution in [1.82, 2.24) is 14.8 Å². The van der Waals surface area contributed by atoms with Crippen LogP contribution >= 0.6 is 0 Å². The molecule has 2 heterocycles. The highest BCUT2D eigenvalue weighted by Gasteiger charge is 2.17. The van der Waals surface area contributed by atoms with E-state index in [2.05, 4.69) is 45.1 Å². The Labute approximate surface area is 160 Å². The van der Waals surface area contributed by atoms with E-state index >= 15 is 0 Å². The first kappa shape index (κ1) is 17.8. The van der Waals surface area contributed by atoms with Gasteiger partial charge in [0.05, 0.1) is 0 Å². The molecule has 1 fully saturated rings. The van der Waals surface area contributed by atoms with Crippen LogP contribution in [0.5, 0.6) is 0 Å². The summed E-state index contributed by atoms with van der Waals surface area (Å²) in [4.78, 5) is 9.07. The third kappa shape index (κ3) is 4.79. The number of piperazine rings is 1. The highest BCUT2D eigenvalue weighted by Crippen LogP contribution is 2.19. The lowest BCUT2D eigenvalue weighted by atomic mass is 10.1. The van der Waals surface area contributed by atoms with E-state index in [0.29, 0.717) is 0 Å². The molecule has 138 valence electrons. The Bertz CT molecular complexity index is 856. The van der Waals surface area contributed by atoms with Crippen LogP contribution in [0.3, 0.4) is 0 Å². The van der Waals surface area contributed by atoms with E-state index in [-0.39, 0.29) is 5.82 Å². The van der Waals surface area contributed by atoms with Crippen LogP contribution in [0.15, 0.2) is 73.1 Å². The number of hydrogen-bond donors (Lipinski definition) is 0. The van der Waals surface area contributed by atoms with Gasteiger partial charge in [-0.2, -0.15) is 0 Å². The predicted molar refractivity (Wildman–Crippen MR) is 107 cm³/mol. The van der Waals surface area contributed by atoms with Gasteiger partial charge in [-0.25, -0.2) is 4.39 Å². The number of halogens is 1. The van der Waals surface area contributed by atoms with Gasteiger partial charge in [-0.15, -0.1) is 0 Å². The van der Waals surface area contributed by atoms with E-state index in [1.54, 1.807) is 18.3 Å². The van der Waals surface area contributed by atoms with Gasteiger partial charge >= 0.3 is 0 Å². The minimum Gasteiger partial charge on any atom is -0.297 e. The topological polar surface area (TPSA) is 19.4 Å². The van der Waals surface area contributed by atoms with Gasteiger partial charge in [0.25, 0.3) is 0 Å². The Balaban J connectivity index is 1.29. The van der Waals surface area contributed by atoms with Crippen molar-refractivity contribution in [2.45, 2.75) is 13.1 Å². The van der Waals surface area contributed by atoms with E-state index in [4.69, 9.17) is 0 Å².